The Morgan fingerprint density at radius 1 is 1.35 bits per heavy atom. The number of aliphatic hydroxyl groups is 1. The number of aliphatic hydroxyl groups excluding tert-OH is 1. The van der Waals surface area contributed by atoms with Crippen LogP contribution in [-0.4, -0.2) is 30.1 Å². The highest BCUT2D eigenvalue weighted by molar-refractivity contribution is 5.74. The molecule has 0 spiro atoms. The van der Waals surface area contributed by atoms with Gasteiger partial charge in [-0.2, -0.15) is 0 Å². The van der Waals surface area contributed by atoms with Crippen LogP contribution in [0.25, 0.3) is 0 Å². The van der Waals surface area contributed by atoms with Crippen LogP contribution in [0.2, 0.25) is 0 Å². The Labute approximate surface area is 158 Å². The first-order valence-electron chi connectivity index (χ1n) is 9.51. The highest BCUT2D eigenvalue weighted by Crippen LogP contribution is 2.36. The molecule has 0 saturated carbocycles. The van der Waals surface area contributed by atoms with Crippen LogP contribution in [0.3, 0.4) is 0 Å². The van der Waals surface area contributed by atoms with Crippen LogP contribution in [0.15, 0.2) is 34.9 Å². The topological polar surface area (TPSA) is 63.6 Å². The molecular weight excluding hydrogens is 328 g/mol. The summed E-state index contributed by atoms with van der Waals surface area (Å²) in [7, 11) is 0. The molecule has 0 heterocycles. The van der Waals surface area contributed by atoms with Crippen LogP contribution >= 0.6 is 0 Å². The van der Waals surface area contributed by atoms with E-state index in [1.807, 2.05) is 19.1 Å². The molecule has 1 aliphatic carbocycles. The van der Waals surface area contributed by atoms with Gasteiger partial charge in [0.15, 0.2) is 0 Å². The molecule has 0 aromatic heterocycles. The lowest BCUT2D eigenvalue weighted by Crippen LogP contribution is -2.37. The summed E-state index contributed by atoms with van der Waals surface area (Å²) in [6.45, 7) is 9.78. The smallest absolute Gasteiger partial charge is 0.302 e. The third-order valence-electron chi connectivity index (χ3n) is 5.12. The Morgan fingerprint density at radius 3 is 2.62 bits per heavy atom. The molecule has 26 heavy (non-hydrogen) atoms. The summed E-state index contributed by atoms with van der Waals surface area (Å²) in [6, 6.07) is 0. The molecule has 0 aromatic rings. The van der Waals surface area contributed by atoms with Crippen LogP contribution in [0, 0.1) is 17.8 Å². The fraction of sp³-hybridized carbons (Fsp3) is 0.636. The van der Waals surface area contributed by atoms with Crippen LogP contribution in [-0.2, 0) is 14.3 Å². The molecule has 4 atom stereocenters. The molecule has 1 rings (SSSR count). The SMILES string of the molecule is CC(=O)OC[C@@H]1/C(C=O)=C\C/C=C(/C)C[C@@H](O)[C@H]1[C@H](C)CCC=C(C)C. The average molecular weight is 363 g/mol. The fourth-order valence-corrected chi connectivity index (χ4v) is 3.74. The first kappa shape index (κ1) is 22.4. The van der Waals surface area contributed by atoms with Crippen molar-refractivity contribution in [3.63, 3.8) is 0 Å². The van der Waals surface area contributed by atoms with Gasteiger partial charge in [-0.1, -0.05) is 36.3 Å². The maximum absolute atomic E-state index is 11.7. The number of carbonyl (C=O) groups is 2. The standard InChI is InChI=1S/C22H34O4/c1-15(2)8-6-10-17(4)22-20(14-26-18(5)24)19(13-23)11-7-9-16(3)12-21(22)25/h8-9,11,13,17,20-22,25H,6-7,10,12,14H2,1-5H3/b16-9-,19-11-/t17-,20-,21-,22+/m1/s1. The molecule has 0 radical (unpaired) electrons. The first-order chi connectivity index (χ1) is 12.3. The third kappa shape index (κ3) is 7.28. The van der Waals surface area contributed by atoms with Gasteiger partial charge in [0.05, 0.1) is 12.7 Å². The van der Waals surface area contributed by atoms with Gasteiger partial charge in [0.2, 0.25) is 0 Å². The minimum atomic E-state index is -0.574. The predicted octanol–water partition coefficient (Wildman–Crippen LogP) is 4.39. The lowest BCUT2D eigenvalue weighted by molar-refractivity contribution is -0.143. The summed E-state index contributed by atoms with van der Waals surface area (Å²) in [4.78, 5) is 23.1. The molecule has 1 N–H and O–H groups in total. The van der Waals surface area contributed by atoms with E-state index >= 15 is 0 Å². The van der Waals surface area contributed by atoms with Crippen molar-refractivity contribution in [1.29, 1.82) is 0 Å². The fourth-order valence-electron chi connectivity index (χ4n) is 3.74. The van der Waals surface area contributed by atoms with Crippen molar-refractivity contribution >= 4 is 12.3 Å². The quantitative estimate of drug-likeness (QED) is 0.414. The summed E-state index contributed by atoms with van der Waals surface area (Å²) in [5, 5.41) is 11.0. The average Bonchev–Trinajstić information content (AvgIpc) is 2.59. The van der Waals surface area contributed by atoms with Crippen molar-refractivity contribution in [2.24, 2.45) is 17.8 Å². The lowest BCUT2D eigenvalue weighted by Gasteiger charge is -2.35. The molecule has 0 aromatic carbocycles. The maximum atomic E-state index is 11.7. The van der Waals surface area contributed by atoms with Gasteiger partial charge in [0.1, 0.15) is 6.29 Å². The van der Waals surface area contributed by atoms with E-state index in [4.69, 9.17) is 4.74 Å². The molecule has 0 bridgehead atoms. The van der Waals surface area contributed by atoms with E-state index in [-0.39, 0.29) is 30.3 Å². The van der Waals surface area contributed by atoms with Gasteiger partial charge < -0.3 is 9.84 Å². The second kappa shape index (κ2) is 11.1. The van der Waals surface area contributed by atoms with E-state index in [1.54, 1.807) is 0 Å². The van der Waals surface area contributed by atoms with E-state index in [0.29, 0.717) is 18.4 Å². The predicted molar refractivity (Wildman–Crippen MR) is 105 cm³/mol. The van der Waals surface area contributed by atoms with Gasteiger partial charge in [-0.25, -0.2) is 0 Å². The largest absolute Gasteiger partial charge is 0.465 e. The molecule has 4 nitrogen and oxygen atoms in total. The zero-order valence-electron chi connectivity index (χ0n) is 16.8. The molecule has 146 valence electrons. The summed E-state index contributed by atoms with van der Waals surface area (Å²) in [6.07, 6.45) is 9.50. The molecular formula is C22H34O4. The molecule has 0 unspecified atom stereocenters. The van der Waals surface area contributed by atoms with Crippen molar-refractivity contribution in [3.8, 4) is 0 Å². The zero-order chi connectivity index (χ0) is 19.7. The Hall–Kier alpha value is -1.68. The summed E-state index contributed by atoms with van der Waals surface area (Å²) in [5.74, 6) is -0.601. The van der Waals surface area contributed by atoms with Crippen molar-refractivity contribution in [2.45, 2.75) is 66.4 Å². The molecule has 1 aliphatic rings. The van der Waals surface area contributed by atoms with Gasteiger partial charge in [-0.15, -0.1) is 0 Å². The monoisotopic (exact) mass is 362 g/mol. The van der Waals surface area contributed by atoms with Gasteiger partial charge in [0, 0.05) is 12.8 Å². The Balaban J connectivity index is 3.16. The van der Waals surface area contributed by atoms with Crippen LogP contribution in [0.5, 0.6) is 0 Å². The highest BCUT2D eigenvalue weighted by Gasteiger charge is 2.36. The normalized spacial score (nSPS) is 28.9. The summed E-state index contributed by atoms with van der Waals surface area (Å²) >= 11 is 0. The summed E-state index contributed by atoms with van der Waals surface area (Å²) in [5.41, 5.74) is 3.01. The molecule has 0 aliphatic heterocycles. The van der Waals surface area contributed by atoms with Crippen molar-refractivity contribution in [1.82, 2.24) is 0 Å². The second-order valence-corrected chi connectivity index (χ2v) is 7.70. The second-order valence-electron chi connectivity index (χ2n) is 7.70. The van der Waals surface area contributed by atoms with E-state index in [0.717, 1.165) is 24.7 Å². The number of carbonyl (C=O) groups excluding carboxylic acids is 2. The van der Waals surface area contributed by atoms with Crippen molar-refractivity contribution in [3.05, 3.63) is 34.9 Å². The van der Waals surface area contributed by atoms with Crippen LogP contribution in [0.4, 0.5) is 0 Å². The van der Waals surface area contributed by atoms with E-state index in [2.05, 4.69) is 26.8 Å². The lowest BCUT2D eigenvalue weighted by atomic mass is 9.73. The Kier molecular flexibility index (Phi) is 9.57. The minimum absolute atomic E-state index is 0.133. The molecule has 4 heteroatoms. The number of aldehydes is 1. The van der Waals surface area contributed by atoms with Gasteiger partial charge in [-0.3, -0.25) is 9.59 Å². The Morgan fingerprint density at radius 2 is 2.04 bits per heavy atom. The van der Waals surface area contributed by atoms with Crippen LogP contribution < -0.4 is 0 Å². The van der Waals surface area contributed by atoms with E-state index in [1.165, 1.54) is 12.5 Å². The Bertz CT molecular complexity index is 567. The van der Waals surface area contributed by atoms with E-state index < -0.39 is 6.10 Å². The number of hydrogen-bond donors (Lipinski definition) is 1. The number of esters is 1. The van der Waals surface area contributed by atoms with Crippen LogP contribution in [0.1, 0.15) is 60.3 Å². The summed E-state index contributed by atoms with van der Waals surface area (Å²) < 4.78 is 5.27. The van der Waals surface area contributed by atoms with Gasteiger partial charge in [-0.05, 0) is 63.9 Å². The number of ether oxygens (including phenoxy) is 1. The van der Waals surface area contributed by atoms with Crippen molar-refractivity contribution in [2.75, 3.05) is 6.61 Å². The molecule has 0 amide bonds. The first-order valence-corrected chi connectivity index (χ1v) is 9.51. The number of hydrogen-bond acceptors (Lipinski definition) is 4. The van der Waals surface area contributed by atoms with E-state index in [9.17, 15) is 14.7 Å². The van der Waals surface area contributed by atoms with Crippen molar-refractivity contribution < 1.29 is 19.4 Å². The minimum Gasteiger partial charge on any atom is -0.465 e. The molecule has 0 fully saturated rings. The van der Waals surface area contributed by atoms with Gasteiger partial charge >= 0.3 is 5.97 Å². The van der Waals surface area contributed by atoms with Gasteiger partial charge in [0.25, 0.3) is 0 Å². The number of allylic oxidation sites excluding steroid dienone is 4. The molecule has 0 saturated heterocycles. The maximum Gasteiger partial charge on any atom is 0.302 e. The third-order valence-corrected chi connectivity index (χ3v) is 5.12. The zero-order valence-corrected chi connectivity index (χ0v) is 16.8. The highest BCUT2D eigenvalue weighted by atomic mass is 16.5. The number of rotatable bonds is 7.